The van der Waals surface area contributed by atoms with Crippen LogP contribution in [0.25, 0.3) is 11.0 Å². The monoisotopic (exact) mass is 484 g/mol. The van der Waals surface area contributed by atoms with Crippen LogP contribution in [0.2, 0.25) is 0 Å². The van der Waals surface area contributed by atoms with Crippen LogP contribution in [0.5, 0.6) is 0 Å². The van der Waals surface area contributed by atoms with Gasteiger partial charge in [0.1, 0.15) is 23.4 Å². The zero-order valence-corrected chi connectivity index (χ0v) is 19.4. The van der Waals surface area contributed by atoms with Gasteiger partial charge in [-0.25, -0.2) is 23.1 Å². The van der Waals surface area contributed by atoms with Crippen LogP contribution < -0.4 is 5.56 Å². The van der Waals surface area contributed by atoms with E-state index in [1.165, 1.54) is 35.0 Å². The summed E-state index contributed by atoms with van der Waals surface area (Å²) < 4.78 is 48.0. The van der Waals surface area contributed by atoms with E-state index in [4.69, 9.17) is 12.6 Å². The average Bonchev–Trinajstić information content (AvgIpc) is 2.85. The zero-order valence-electron chi connectivity index (χ0n) is 19.4. The van der Waals surface area contributed by atoms with Gasteiger partial charge in [-0.2, -0.15) is 0 Å². The predicted octanol–water partition coefficient (Wildman–Crippen LogP) is 3.42. The van der Waals surface area contributed by atoms with Crippen LogP contribution in [0.15, 0.2) is 35.4 Å². The molecule has 3 heterocycles. The molecular weight excluding hydrogens is 460 g/mol. The molecule has 1 fully saturated rings. The molecule has 0 aliphatic carbocycles. The fraction of sp³-hybridized carbons (Fsp3) is 0.417. The smallest absolute Gasteiger partial charge is 0.266 e. The van der Waals surface area contributed by atoms with Crippen LogP contribution in [0.4, 0.5) is 18.0 Å². The van der Waals surface area contributed by atoms with E-state index in [1.54, 1.807) is 13.1 Å². The van der Waals surface area contributed by atoms with E-state index in [0.717, 1.165) is 6.07 Å². The normalized spacial score (nSPS) is 15.7. The maximum absolute atomic E-state index is 14.5. The summed E-state index contributed by atoms with van der Waals surface area (Å²) in [5.41, 5.74) is -0.343. The van der Waals surface area contributed by atoms with Crippen LogP contribution in [-0.4, -0.2) is 53.3 Å². The van der Waals surface area contributed by atoms with E-state index < -0.39 is 29.2 Å². The van der Waals surface area contributed by atoms with Gasteiger partial charge in [0.2, 0.25) is 7.85 Å². The van der Waals surface area contributed by atoms with Gasteiger partial charge in [0.15, 0.2) is 5.81 Å². The van der Waals surface area contributed by atoms with Crippen LogP contribution in [0.3, 0.4) is 0 Å². The van der Waals surface area contributed by atoms with Gasteiger partial charge in [0, 0.05) is 32.6 Å². The second kappa shape index (κ2) is 9.81. The maximum atomic E-state index is 14.5. The van der Waals surface area contributed by atoms with Crippen molar-refractivity contribution >= 4 is 24.7 Å². The van der Waals surface area contributed by atoms with Crippen molar-refractivity contribution in [3.63, 3.8) is 0 Å². The van der Waals surface area contributed by atoms with E-state index in [-0.39, 0.29) is 24.0 Å². The van der Waals surface area contributed by atoms with Gasteiger partial charge in [0.25, 0.3) is 12.0 Å². The molecular formula is C24H24BF3N4O3. The number of carbonyl (C=O) groups excluding carboxylic acids is 1. The van der Waals surface area contributed by atoms with Crippen molar-refractivity contribution in [3.8, 4) is 0 Å². The summed E-state index contributed by atoms with van der Waals surface area (Å²) in [7, 11) is 8.51. The molecule has 35 heavy (non-hydrogen) atoms. The lowest BCUT2D eigenvalue weighted by atomic mass is 9.83. The Bertz CT molecular complexity index is 1320. The molecule has 3 aromatic rings. The standard InChI is InChI=1S/C24H24BF3N4O3/c1-31-21-16(12-17(22(31)33)24(35-2)8-10-32(11-9-24)23(25)34)18(29-13-30-21)7-6-14-4-3-5-15(19(14)26)20(27)28/h3-5,12-13,20H,6-11H2,1-2H3. The van der Waals surface area contributed by atoms with Crippen molar-refractivity contribution in [2.45, 2.75) is 37.7 Å². The highest BCUT2D eigenvalue weighted by Gasteiger charge is 2.39. The van der Waals surface area contributed by atoms with Crippen LogP contribution in [0.1, 0.15) is 41.7 Å². The first-order valence-electron chi connectivity index (χ1n) is 11.2. The van der Waals surface area contributed by atoms with Gasteiger partial charge >= 0.3 is 0 Å². The highest BCUT2D eigenvalue weighted by molar-refractivity contribution is 6.56. The number of nitrogens with zero attached hydrogens (tertiary/aromatic N) is 4. The predicted molar refractivity (Wildman–Crippen MR) is 124 cm³/mol. The topological polar surface area (TPSA) is 77.3 Å². The number of methoxy groups -OCH3 is 1. The second-order valence-electron chi connectivity index (χ2n) is 8.62. The van der Waals surface area contributed by atoms with Crippen LogP contribution in [-0.2, 0) is 30.2 Å². The van der Waals surface area contributed by atoms with Gasteiger partial charge in [-0.05, 0) is 37.3 Å². The summed E-state index contributed by atoms with van der Waals surface area (Å²) in [6.45, 7) is 0.671. The molecule has 0 bridgehead atoms. The first-order valence-corrected chi connectivity index (χ1v) is 11.2. The van der Waals surface area contributed by atoms with Crippen molar-refractivity contribution in [2.24, 2.45) is 7.05 Å². The first-order chi connectivity index (χ1) is 16.7. The minimum absolute atomic E-state index is 0.139. The number of ether oxygens (including phenoxy) is 1. The Morgan fingerprint density at radius 2 is 1.94 bits per heavy atom. The number of hydrogen-bond acceptors (Lipinski definition) is 5. The Kier molecular flexibility index (Phi) is 6.98. The number of carbonyl (C=O) groups is 1. The largest absolute Gasteiger partial charge is 0.373 e. The van der Waals surface area contributed by atoms with Crippen LogP contribution in [0, 0.1) is 5.82 Å². The molecule has 0 unspecified atom stereocenters. The molecule has 2 radical (unpaired) electrons. The molecule has 7 nitrogen and oxygen atoms in total. The number of halogens is 3. The number of piperidine rings is 1. The minimum atomic E-state index is -2.90. The molecule has 1 aromatic carbocycles. The van der Waals surface area contributed by atoms with Crippen molar-refractivity contribution in [1.82, 2.24) is 19.4 Å². The van der Waals surface area contributed by atoms with E-state index >= 15 is 0 Å². The van der Waals surface area contributed by atoms with E-state index in [9.17, 15) is 22.8 Å². The minimum Gasteiger partial charge on any atom is -0.373 e. The lowest BCUT2D eigenvalue weighted by Gasteiger charge is -2.40. The SMILES string of the molecule is [B]C(=O)N1CCC(OC)(c2cc3c(CCc4cccc(C(F)F)c4F)ncnc3n(C)c2=O)CC1. The Morgan fingerprint density at radius 1 is 1.23 bits per heavy atom. The first kappa shape index (κ1) is 24.9. The average molecular weight is 484 g/mol. The second-order valence-corrected chi connectivity index (χ2v) is 8.62. The quantitative estimate of drug-likeness (QED) is 0.502. The maximum Gasteiger partial charge on any atom is 0.266 e. The molecule has 11 heteroatoms. The molecule has 1 aliphatic heterocycles. The molecule has 1 aliphatic rings. The number of likely N-dealkylation sites (tertiary alicyclic amines) is 1. The Morgan fingerprint density at radius 3 is 2.57 bits per heavy atom. The molecule has 0 N–H and O–H groups in total. The third-order valence-corrected chi connectivity index (χ3v) is 6.83. The number of rotatable bonds is 6. The molecule has 182 valence electrons. The number of fused-ring (bicyclic) bond motifs is 1. The van der Waals surface area contributed by atoms with Gasteiger partial charge < -0.3 is 9.64 Å². The van der Waals surface area contributed by atoms with E-state index in [0.29, 0.717) is 48.2 Å². The van der Waals surface area contributed by atoms with Crippen molar-refractivity contribution in [1.29, 1.82) is 0 Å². The molecule has 0 atom stereocenters. The highest BCUT2D eigenvalue weighted by Crippen LogP contribution is 2.36. The molecule has 1 saturated heterocycles. The molecule has 0 saturated carbocycles. The summed E-state index contributed by atoms with van der Waals surface area (Å²) in [5, 5.41) is 0.587. The summed E-state index contributed by atoms with van der Waals surface area (Å²) in [6.07, 6.45) is -0.447. The summed E-state index contributed by atoms with van der Waals surface area (Å²) in [6, 6.07) is 5.64. The molecule has 0 spiro atoms. The fourth-order valence-corrected chi connectivity index (χ4v) is 4.73. The number of alkyl halides is 2. The van der Waals surface area contributed by atoms with Crippen molar-refractivity contribution in [2.75, 3.05) is 20.2 Å². The fourth-order valence-electron chi connectivity index (χ4n) is 4.73. The molecule has 4 rings (SSSR count). The Labute approximate surface area is 201 Å². The lowest BCUT2D eigenvalue weighted by molar-refractivity contribution is -0.0553. The number of amides is 1. The third kappa shape index (κ3) is 4.56. The van der Waals surface area contributed by atoms with Crippen LogP contribution >= 0.6 is 0 Å². The summed E-state index contributed by atoms with van der Waals surface area (Å²) >= 11 is 0. The van der Waals surface area contributed by atoms with Gasteiger partial charge in [-0.3, -0.25) is 14.2 Å². The number of pyridine rings is 1. The van der Waals surface area contributed by atoms with E-state index in [2.05, 4.69) is 9.97 Å². The third-order valence-electron chi connectivity index (χ3n) is 6.83. The lowest BCUT2D eigenvalue weighted by Crippen LogP contribution is -2.48. The number of aromatic nitrogens is 3. The Hall–Kier alpha value is -3.21. The zero-order chi connectivity index (χ0) is 25.3. The van der Waals surface area contributed by atoms with Gasteiger partial charge in [-0.1, -0.05) is 18.2 Å². The summed E-state index contributed by atoms with van der Waals surface area (Å²) in [4.78, 5) is 34.9. The number of benzene rings is 1. The summed E-state index contributed by atoms with van der Waals surface area (Å²) in [5.74, 6) is -1.45. The van der Waals surface area contributed by atoms with E-state index in [1.807, 2.05) is 0 Å². The number of hydrogen-bond donors (Lipinski definition) is 0. The van der Waals surface area contributed by atoms with Gasteiger partial charge in [0.05, 0.1) is 16.8 Å². The molecule has 1 amide bonds. The molecule has 2 aromatic heterocycles. The van der Waals surface area contributed by atoms with Crippen molar-refractivity contribution < 1.29 is 22.7 Å². The highest BCUT2D eigenvalue weighted by atomic mass is 19.3. The van der Waals surface area contributed by atoms with Crippen molar-refractivity contribution in [3.05, 3.63) is 69.1 Å². The Balaban J connectivity index is 1.73. The number of aryl methyl sites for hydroxylation is 3. The van der Waals surface area contributed by atoms with Gasteiger partial charge in [-0.15, -0.1) is 0 Å².